The molecule has 0 fully saturated rings. The Morgan fingerprint density at radius 2 is 1.96 bits per heavy atom. The van der Waals surface area contributed by atoms with Gasteiger partial charge in [0, 0.05) is 30.0 Å². The second-order valence-corrected chi connectivity index (χ2v) is 6.66. The van der Waals surface area contributed by atoms with Gasteiger partial charge in [-0.2, -0.15) is 10.2 Å². The van der Waals surface area contributed by atoms with E-state index in [0.29, 0.717) is 23.0 Å². The smallest absolute Gasteiger partial charge is 0.271 e. The van der Waals surface area contributed by atoms with Crippen LogP contribution < -0.4 is 10.1 Å². The van der Waals surface area contributed by atoms with Crippen molar-refractivity contribution in [1.82, 2.24) is 24.9 Å². The third kappa shape index (κ3) is 5.34. The molecule has 0 spiro atoms. The van der Waals surface area contributed by atoms with Gasteiger partial charge in [-0.25, -0.2) is 4.68 Å². The molecule has 2 heterocycles. The number of ether oxygens (including phenoxy) is 1. The van der Waals surface area contributed by atoms with Crippen molar-refractivity contribution in [1.29, 1.82) is 0 Å². The monoisotopic (exact) mass is 387 g/mol. The van der Waals surface area contributed by atoms with Crippen molar-refractivity contribution in [3.8, 4) is 5.75 Å². The third-order valence-corrected chi connectivity index (χ3v) is 4.24. The molecule has 142 valence electrons. The molecule has 1 aromatic carbocycles. The van der Waals surface area contributed by atoms with E-state index >= 15 is 0 Å². The zero-order valence-corrected chi connectivity index (χ0v) is 16.1. The van der Waals surface area contributed by atoms with Gasteiger partial charge in [-0.1, -0.05) is 11.6 Å². The van der Waals surface area contributed by atoms with Gasteiger partial charge in [0.05, 0.1) is 5.69 Å². The average Bonchev–Trinajstić information content (AvgIpc) is 3.24. The number of aryl methyl sites for hydroxylation is 3. The Hall–Kier alpha value is -2.80. The van der Waals surface area contributed by atoms with Gasteiger partial charge in [0.15, 0.2) is 6.73 Å². The fourth-order valence-corrected chi connectivity index (χ4v) is 2.77. The van der Waals surface area contributed by atoms with Crippen molar-refractivity contribution in [2.45, 2.75) is 33.5 Å². The van der Waals surface area contributed by atoms with Gasteiger partial charge in [0.2, 0.25) is 0 Å². The van der Waals surface area contributed by atoms with Gasteiger partial charge in [-0.05, 0) is 56.7 Å². The summed E-state index contributed by atoms with van der Waals surface area (Å²) in [6.45, 7) is 5.54. The lowest BCUT2D eigenvalue weighted by Crippen LogP contribution is -2.26. The first kappa shape index (κ1) is 19.0. The molecule has 0 bridgehead atoms. The van der Waals surface area contributed by atoms with Crippen LogP contribution in [-0.4, -0.2) is 32.0 Å². The quantitative estimate of drug-likeness (QED) is 0.602. The van der Waals surface area contributed by atoms with E-state index in [4.69, 9.17) is 16.3 Å². The van der Waals surface area contributed by atoms with E-state index in [1.165, 1.54) is 0 Å². The standard InChI is InChI=1S/C19H22ClN5O2/c1-14-12-15(2)25(22-14)10-3-9-21-19(26)18-8-11-24(23-18)13-27-17-6-4-16(20)5-7-17/h4-8,11-12H,3,9-10,13H2,1-2H3,(H,21,26). The maximum Gasteiger partial charge on any atom is 0.271 e. The predicted molar refractivity (Wildman–Crippen MR) is 103 cm³/mol. The van der Waals surface area contributed by atoms with E-state index in [-0.39, 0.29) is 12.6 Å². The lowest BCUT2D eigenvalue weighted by molar-refractivity contribution is 0.0945. The van der Waals surface area contributed by atoms with Crippen LogP contribution in [0.2, 0.25) is 5.02 Å². The molecule has 8 heteroatoms. The molecule has 1 amide bonds. The van der Waals surface area contributed by atoms with Crippen molar-refractivity contribution >= 4 is 17.5 Å². The molecule has 7 nitrogen and oxygen atoms in total. The molecule has 0 saturated carbocycles. The first-order valence-electron chi connectivity index (χ1n) is 8.72. The second kappa shape index (κ2) is 8.73. The summed E-state index contributed by atoms with van der Waals surface area (Å²) < 4.78 is 9.12. The number of hydrogen-bond acceptors (Lipinski definition) is 4. The third-order valence-electron chi connectivity index (χ3n) is 3.99. The minimum Gasteiger partial charge on any atom is -0.471 e. The topological polar surface area (TPSA) is 74.0 Å². The molecular formula is C19H22ClN5O2. The summed E-state index contributed by atoms with van der Waals surface area (Å²) in [7, 11) is 0. The van der Waals surface area contributed by atoms with Crippen molar-refractivity contribution in [2.75, 3.05) is 6.54 Å². The Morgan fingerprint density at radius 3 is 2.67 bits per heavy atom. The van der Waals surface area contributed by atoms with E-state index in [1.54, 1.807) is 41.2 Å². The highest BCUT2D eigenvalue weighted by Crippen LogP contribution is 2.15. The number of carbonyl (C=O) groups is 1. The lowest BCUT2D eigenvalue weighted by Gasteiger charge is -2.06. The summed E-state index contributed by atoms with van der Waals surface area (Å²) in [5, 5.41) is 12.2. The van der Waals surface area contributed by atoms with Crippen LogP contribution in [0, 0.1) is 13.8 Å². The highest BCUT2D eigenvalue weighted by molar-refractivity contribution is 6.30. The Balaban J connectivity index is 1.42. The molecule has 27 heavy (non-hydrogen) atoms. The fourth-order valence-electron chi connectivity index (χ4n) is 2.65. The Morgan fingerprint density at radius 1 is 1.19 bits per heavy atom. The van der Waals surface area contributed by atoms with Gasteiger partial charge in [-0.3, -0.25) is 9.48 Å². The Labute approximate surface area is 162 Å². The fraction of sp³-hybridized carbons (Fsp3) is 0.316. The number of nitrogens with one attached hydrogen (secondary N) is 1. The number of benzene rings is 1. The Bertz CT molecular complexity index is 901. The van der Waals surface area contributed by atoms with E-state index in [2.05, 4.69) is 15.5 Å². The first-order valence-corrected chi connectivity index (χ1v) is 9.10. The zero-order chi connectivity index (χ0) is 19.2. The Kier molecular flexibility index (Phi) is 6.13. The lowest BCUT2D eigenvalue weighted by atomic mass is 10.3. The van der Waals surface area contributed by atoms with E-state index in [9.17, 15) is 4.79 Å². The van der Waals surface area contributed by atoms with Crippen molar-refractivity contribution in [3.63, 3.8) is 0 Å². The van der Waals surface area contributed by atoms with Crippen LogP contribution in [0.4, 0.5) is 0 Å². The second-order valence-electron chi connectivity index (χ2n) is 6.23. The minimum atomic E-state index is -0.200. The summed E-state index contributed by atoms with van der Waals surface area (Å²) in [5.74, 6) is 0.485. The maximum absolute atomic E-state index is 12.2. The van der Waals surface area contributed by atoms with Crippen molar-refractivity contribution in [2.24, 2.45) is 0 Å². The number of carbonyl (C=O) groups excluding carboxylic acids is 1. The molecule has 3 aromatic rings. The van der Waals surface area contributed by atoms with Crippen LogP contribution in [0.5, 0.6) is 5.75 Å². The molecule has 0 saturated heterocycles. The molecule has 3 rings (SSSR count). The number of amides is 1. The number of hydrogen-bond donors (Lipinski definition) is 1. The SMILES string of the molecule is Cc1cc(C)n(CCCNC(=O)c2ccn(COc3ccc(Cl)cc3)n2)n1. The average molecular weight is 388 g/mol. The first-order chi connectivity index (χ1) is 13.0. The van der Waals surface area contributed by atoms with Gasteiger partial charge >= 0.3 is 0 Å². The molecule has 0 aliphatic carbocycles. The number of rotatable bonds is 8. The minimum absolute atomic E-state index is 0.200. The number of halogens is 1. The van der Waals surface area contributed by atoms with Crippen LogP contribution in [0.25, 0.3) is 0 Å². The van der Waals surface area contributed by atoms with E-state index in [0.717, 1.165) is 24.4 Å². The zero-order valence-electron chi connectivity index (χ0n) is 15.4. The summed E-state index contributed by atoms with van der Waals surface area (Å²) in [6, 6.07) is 10.8. The molecular weight excluding hydrogens is 366 g/mol. The van der Waals surface area contributed by atoms with Gasteiger partial charge in [0.1, 0.15) is 11.4 Å². The molecule has 1 N–H and O–H groups in total. The highest BCUT2D eigenvalue weighted by atomic mass is 35.5. The van der Waals surface area contributed by atoms with Crippen LogP contribution in [0.3, 0.4) is 0 Å². The summed E-state index contributed by atoms with van der Waals surface area (Å²) in [5.41, 5.74) is 2.49. The van der Waals surface area contributed by atoms with Crippen molar-refractivity contribution < 1.29 is 9.53 Å². The molecule has 0 aliphatic heterocycles. The number of nitrogens with zero attached hydrogens (tertiary/aromatic N) is 4. The largest absolute Gasteiger partial charge is 0.471 e. The van der Waals surface area contributed by atoms with E-state index < -0.39 is 0 Å². The van der Waals surface area contributed by atoms with Gasteiger partial charge < -0.3 is 10.1 Å². The summed E-state index contributed by atoms with van der Waals surface area (Å²) in [4.78, 5) is 12.2. The van der Waals surface area contributed by atoms with Crippen LogP contribution in [-0.2, 0) is 13.3 Å². The molecule has 0 atom stereocenters. The molecule has 0 radical (unpaired) electrons. The normalized spacial score (nSPS) is 10.8. The van der Waals surface area contributed by atoms with Gasteiger partial charge in [-0.15, -0.1) is 0 Å². The summed E-state index contributed by atoms with van der Waals surface area (Å²) >= 11 is 5.84. The summed E-state index contributed by atoms with van der Waals surface area (Å²) in [6.07, 6.45) is 2.51. The molecule has 0 aliphatic rings. The number of aromatic nitrogens is 4. The highest BCUT2D eigenvalue weighted by Gasteiger charge is 2.09. The van der Waals surface area contributed by atoms with Crippen LogP contribution in [0.1, 0.15) is 28.3 Å². The van der Waals surface area contributed by atoms with Crippen LogP contribution >= 0.6 is 11.6 Å². The maximum atomic E-state index is 12.2. The van der Waals surface area contributed by atoms with Crippen molar-refractivity contribution in [3.05, 3.63) is 64.7 Å². The predicted octanol–water partition coefficient (Wildman–Crippen LogP) is 3.21. The van der Waals surface area contributed by atoms with E-state index in [1.807, 2.05) is 24.6 Å². The van der Waals surface area contributed by atoms with Gasteiger partial charge in [0.25, 0.3) is 5.91 Å². The molecule has 2 aromatic heterocycles. The molecule has 0 unspecified atom stereocenters. The van der Waals surface area contributed by atoms with Crippen LogP contribution in [0.15, 0.2) is 42.6 Å².